The molecular formula is C25H21FN2O2. The van der Waals surface area contributed by atoms with Gasteiger partial charge >= 0.3 is 5.69 Å². The molecule has 5 heteroatoms. The Hall–Kier alpha value is -3.60. The molecule has 150 valence electrons. The zero-order valence-corrected chi connectivity index (χ0v) is 16.8. The maximum Gasteiger partial charge on any atom is 0.326 e. The Kier molecular flexibility index (Phi) is 4.31. The highest BCUT2D eigenvalue weighted by molar-refractivity contribution is 5.95. The van der Waals surface area contributed by atoms with Crippen LogP contribution in [-0.2, 0) is 6.61 Å². The number of halogens is 1. The van der Waals surface area contributed by atoms with Crippen molar-refractivity contribution in [2.75, 3.05) is 0 Å². The first-order valence-corrected chi connectivity index (χ1v) is 9.98. The summed E-state index contributed by atoms with van der Waals surface area (Å²) in [6.07, 6.45) is 2.06. The number of fused-ring (bicyclic) bond motifs is 3. The number of hydrogen-bond donors (Lipinski definition) is 1. The Balaban J connectivity index is 1.72. The van der Waals surface area contributed by atoms with Crippen LogP contribution in [-0.4, -0.2) is 9.55 Å². The smallest absolute Gasteiger partial charge is 0.326 e. The van der Waals surface area contributed by atoms with Gasteiger partial charge in [0.15, 0.2) is 0 Å². The molecule has 4 aromatic rings. The van der Waals surface area contributed by atoms with Gasteiger partial charge in [-0.3, -0.25) is 4.57 Å². The Morgan fingerprint density at radius 2 is 1.90 bits per heavy atom. The molecule has 0 amide bonds. The molecule has 0 saturated carbocycles. The zero-order valence-electron chi connectivity index (χ0n) is 16.8. The Morgan fingerprint density at radius 3 is 2.73 bits per heavy atom. The van der Waals surface area contributed by atoms with E-state index in [-0.39, 0.29) is 17.5 Å². The highest BCUT2D eigenvalue weighted by Crippen LogP contribution is 2.38. The van der Waals surface area contributed by atoms with E-state index in [1.807, 2.05) is 50.2 Å². The molecule has 1 aromatic heterocycles. The van der Waals surface area contributed by atoms with Crippen molar-refractivity contribution in [2.45, 2.75) is 26.5 Å². The monoisotopic (exact) mass is 400 g/mol. The maximum absolute atomic E-state index is 13.9. The third-order valence-corrected chi connectivity index (χ3v) is 5.49. The maximum atomic E-state index is 13.9. The predicted octanol–water partition coefficient (Wildman–Crippen LogP) is 5.53. The molecule has 2 heterocycles. The van der Waals surface area contributed by atoms with Gasteiger partial charge in [-0.1, -0.05) is 30.3 Å². The van der Waals surface area contributed by atoms with E-state index in [1.165, 1.54) is 12.1 Å². The summed E-state index contributed by atoms with van der Waals surface area (Å²) in [7, 11) is 0. The minimum atomic E-state index is -0.326. The van der Waals surface area contributed by atoms with Gasteiger partial charge in [0, 0.05) is 17.7 Å². The Bertz CT molecular complexity index is 1360. The number of benzene rings is 3. The van der Waals surface area contributed by atoms with E-state index in [9.17, 15) is 9.18 Å². The molecule has 0 radical (unpaired) electrons. The molecule has 1 aliphatic rings. The number of aromatic nitrogens is 2. The molecule has 1 aliphatic heterocycles. The van der Waals surface area contributed by atoms with Crippen LogP contribution in [0, 0.1) is 5.82 Å². The molecule has 0 saturated heterocycles. The number of hydrogen-bond acceptors (Lipinski definition) is 2. The molecular weight excluding hydrogens is 379 g/mol. The molecule has 4 nitrogen and oxygen atoms in total. The van der Waals surface area contributed by atoms with Gasteiger partial charge in [0.1, 0.15) is 18.2 Å². The molecule has 5 rings (SSSR count). The van der Waals surface area contributed by atoms with Crippen LogP contribution >= 0.6 is 0 Å². The van der Waals surface area contributed by atoms with Crippen LogP contribution in [0.1, 0.15) is 42.1 Å². The van der Waals surface area contributed by atoms with Gasteiger partial charge in [0.2, 0.25) is 0 Å². The standard InChI is InChI=1S/C25H21FN2O2/c1-15(2)28-23-10-7-16(12-22(23)27-25(28)29)11-21-19-6-4-3-5-17(19)14-30-24-13-18(26)8-9-20(21)24/h3-13,15H,14H2,1-2H3,(H,27,29)/b21-11+. The fraction of sp³-hybridized carbons (Fsp3) is 0.160. The summed E-state index contributed by atoms with van der Waals surface area (Å²) in [5, 5.41) is 0. The Labute approximate surface area is 173 Å². The number of ether oxygens (including phenoxy) is 1. The number of nitrogens with zero attached hydrogens (tertiary/aromatic N) is 1. The third-order valence-electron chi connectivity index (χ3n) is 5.49. The number of rotatable bonds is 2. The summed E-state index contributed by atoms with van der Waals surface area (Å²) < 4.78 is 21.5. The van der Waals surface area contributed by atoms with Gasteiger partial charge in [0.05, 0.1) is 11.0 Å². The number of imidazole rings is 1. The predicted molar refractivity (Wildman–Crippen MR) is 117 cm³/mol. The lowest BCUT2D eigenvalue weighted by atomic mass is 9.92. The topological polar surface area (TPSA) is 47.0 Å². The summed E-state index contributed by atoms with van der Waals surface area (Å²) in [5.41, 5.74) is 6.40. The van der Waals surface area contributed by atoms with Crippen LogP contribution in [0.3, 0.4) is 0 Å². The molecule has 0 spiro atoms. The first-order valence-electron chi connectivity index (χ1n) is 9.98. The van der Waals surface area contributed by atoms with Crippen molar-refractivity contribution in [3.05, 3.63) is 99.2 Å². The second kappa shape index (κ2) is 7.02. The number of nitrogens with one attached hydrogen (secondary N) is 1. The lowest BCUT2D eigenvalue weighted by Gasteiger charge is -2.11. The van der Waals surface area contributed by atoms with E-state index in [2.05, 4.69) is 17.1 Å². The average Bonchev–Trinajstić information content (AvgIpc) is 2.98. The molecule has 0 unspecified atom stereocenters. The van der Waals surface area contributed by atoms with Gasteiger partial charge in [-0.2, -0.15) is 0 Å². The van der Waals surface area contributed by atoms with Crippen LogP contribution in [0.2, 0.25) is 0 Å². The molecule has 0 fully saturated rings. The van der Waals surface area contributed by atoms with E-state index in [0.29, 0.717) is 12.4 Å². The first-order chi connectivity index (χ1) is 14.5. The fourth-order valence-corrected chi connectivity index (χ4v) is 4.12. The van der Waals surface area contributed by atoms with Gasteiger partial charge < -0.3 is 9.72 Å². The van der Waals surface area contributed by atoms with Crippen LogP contribution in [0.25, 0.3) is 22.7 Å². The zero-order chi connectivity index (χ0) is 20.8. The average molecular weight is 400 g/mol. The van der Waals surface area contributed by atoms with E-state index < -0.39 is 0 Å². The minimum Gasteiger partial charge on any atom is -0.488 e. The van der Waals surface area contributed by atoms with E-state index in [4.69, 9.17) is 4.74 Å². The Morgan fingerprint density at radius 1 is 1.07 bits per heavy atom. The van der Waals surface area contributed by atoms with Crippen molar-refractivity contribution in [1.29, 1.82) is 0 Å². The number of aromatic amines is 1. The molecule has 1 N–H and O–H groups in total. The molecule has 0 bridgehead atoms. The van der Waals surface area contributed by atoms with Crippen LogP contribution < -0.4 is 10.4 Å². The van der Waals surface area contributed by atoms with Gasteiger partial charge in [0.25, 0.3) is 0 Å². The van der Waals surface area contributed by atoms with E-state index in [1.54, 1.807) is 10.6 Å². The van der Waals surface area contributed by atoms with Crippen LogP contribution in [0.5, 0.6) is 5.75 Å². The summed E-state index contributed by atoms with van der Waals surface area (Å²) in [4.78, 5) is 15.3. The van der Waals surface area contributed by atoms with Crippen LogP contribution in [0.15, 0.2) is 65.5 Å². The SMILES string of the molecule is CC(C)n1c(=O)[nH]c2cc(/C=C3\c4ccccc4COc4cc(F)ccc43)ccc21. The molecule has 0 atom stereocenters. The second-order valence-corrected chi connectivity index (χ2v) is 7.81. The summed E-state index contributed by atoms with van der Waals surface area (Å²) in [6, 6.07) is 18.7. The van der Waals surface area contributed by atoms with Crippen molar-refractivity contribution in [3.8, 4) is 5.75 Å². The fourth-order valence-electron chi connectivity index (χ4n) is 4.12. The van der Waals surface area contributed by atoms with Gasteiger partial charge in [-0.15, -0.1) is 0 Å². The summed E-state index contributed by atoms with van der Waals surface area (Å²) in [6.45, 7) is 4.36. The van der Waals surface area contributed by atoms with Crippen LogP contribution in [0.4, 0.5) is 4.39 Å². The van der Waals surface area contributed by atoms with E-state index in [0.717, 1.165) is 38.9 Å². The third kappa shape index (κ3) is 3.03. The largest absolute Gasteiger partial charge is 0.488 e. The second-order valence-electron chi connectivity index (χ2n) is 7.81. The molecule has 3 aromatic carbocycles. The quantitative estimate of drug-likeness (QED) is 0.481. The van der Waals surface area contributed by atoms with Crippen molar-refractivity contribution in [3.63, 3.8) is 0 Å². The van der Waals surface area contributed by atoms with Crippen molar-refractivity contribution < 1.29 is 9.13 Å². The number of H-pyrrole nitrogens is 1. The molecule has 30 heavy (non-hydrogen) atoms. The summed E-state index contributed by atoms with van der Waals surface area (Å²) in [5.74, 6) is 0.200. The highest BCUT2D eigenvalue weighted by Gasteiger charge is 2.20. The lowest BCUT2D eigenvalue weighted by Crippen LogP contribution is -2.18. The minimum absolute atomic E-state index is 0.0723. The first kappa shape index (κ1) is 18.4. The summed E-state index contributed by atoms with van der Waals surface area (Å²) >= 11 is 0. The van der Waals surface area contributed by atoms with Crippen molar-refractivity contribution >= 4 is 22.7 Å². The van der Waals surface area contributed by atoms with Gasteiger partial charge in [-0.05, 0) is 66.5 Å². The normalized spacial score (nSPS) is 14.5. The highest BCUT2D eigenvalue weighted by atomic mass is 19.1. The van der Waals surface area contributed by atoms with Gasteiger partial charge in [-0.25, -0.2) is 9.18 Å². The molecule has 0 aliphatic carbocycles. The van der Waals surface area contributed by atoms with Crippen molar-refractivity contribution in [2.24, 2.45) is 0 Å². The lowest BCUT2D eigenvalue weighted by molar-refractivity contribution is 0.305. The van der Waals surface area contributed by atoms with E-state index >= 15 is 0 Å². The van der Waals surface area contributed by atoms with Crippen molar-refractivity contribution in [1.82, 2.24) is 9.55 Å².